The van der Waals surface area contributed by atoms with Gasteiger partial charge < -0.3 is 10.1 Å². The maximum absolute atomic E-state index is 13.5. The molecule has 0 unspecified atom stereocenters. The molecular weight excluding hydrogens is 306 g/mol. The van der Waals surface area contributed by atoms with E-state index in [1.54, 1.807) is 6.92 Å². The number of ether oxygens (including phenoxy) is 1. The van der Waals surface area contributed by atoms with Gasteiger partial charge in [0.1, 0.15) is 11.6 Å². The Hall–Kier alpha value is -2.02. The van der Waals surface area contributed by atoms with Crippen molar-refractivity contribution >= 4 is 17.6 Å². The molecule has 0 aromatic heterocycles. The fraction of sp³-hybridized carbons (Fsp3) is 0.500. The van der Waals surface area contributed by atoms with Crippen LogP contribution in [0.25, 0.3) is 0 Å². The molecule has 1 N–H and O–H groups in total. The first-order chi connectivity index (χ1) is 11.0. The highest BCUT2D eigenvalue weighted by Gasteiger charge is 2.27. The molecule has 0 aliphatic carbocycles. The molecule has 5 nitrogen and oxygen atoms in total. The lowest BCUT2D eigenvalue weighted by atomic mass is 9.98. The van der Waals surface area contributed by atoms with Gasteiger partial charge in [-0.3, -0.25) is 14.5 Å². The highest BCUT2D eigenvalue weighted by molar-refractivity contribution is 5.92. The van der Waals surface area contributed by atoms with Gasteiger partial charge in [0, 0.05) is 12.6 Å². The standard InChI is InChI=1S/C16H20F2N2O3/c1-2-23-16(22)11-4-3-7-20(9-11)10-15(21)19-14-6-5-12(17)8-13(14)18/h5-6,8,11H,2-4,7,9-10H2,1H3,(H,19,21)/t11-/m0/s1. The number of halogens is 2. The van der Waals surface area contributed by atoms with E-state index in [-0.39, 0.29) is 24.1 Å². The fourth-order valence-electron chi connectivity index (χ4n) is 2.64. The number of anilines is 1. The van der Waals surface area contributed by atoms with Crippen LogP contribution in [0.15, 0.2) is 18.2 Å². The normalized spacial score (nSPS) is 18.5. The first kappa shape index (κ1) is 17.3. The third-order valence-corrected chi connectivity index (χ3v) is 3.70. The summed E-state index contributed by atoms with van der Waals surface area (Å²) < 4.78 is 31.4. The zero-order valence-electron chi connectivity index (χ0n) is 13.0. The molecule has 126 valence electrons. The molecule has 0 spiro atoms. The Balaban J connectivity index is 1.88. The van der Waals surface area contributed by atoms with Gasteiger partial charge in [-0.15, -0.1) is 0 Å². The molecule has 1 heterocycles. The molecule has 2 rings (SSSR count). The number of carbonyl (C=O) groups is 2. The predicted octanol–water partition coefficient (Wildman–Crippen LogP) is 2.18. The van der Waals surface area contributed by atoms with Gasteiger partial charge in [0.05, 0.1) is 24.8 Å². The summed E-state index contributed by atoms with van der Waals surface area (Å²) in [5.41, 5.74) is -0.0599. The van der Waals surface area contributed by atoms with Crippen molar-refractivity contribution in [1.29, 1.82) is 0 Å². The molecule has 1 aromatic carbocycles. The summed E-state index contributed by atoms with van der Waals surface area (Å²) in [5, 5.41) is 2.42. The first-order valence-corrected chi connectivity index (χ1v) is 7.63. The monoisotopic (exact) mass is 326 g/mol. The highest BCUT2D eigenvalue weighted by atomic mass is 19.1. The number of amides is 1. The Morgan fingerprint density at radius 1 is 1.39 bits per heavy atom. The summed E-state index contributed by atoms with van der Waals surface area (Å²) >= 11 is 0. The Morgan fingerprint density at radius 2 is 2.17 bits per heavy atom. The van der Waals surface area contributed by atoms with Gasteiger partial charge >= 0.3 is 5.97 Å². The molecule has 1 amide bonds. The van der Waals surface area contributed by atoms with Gasteiger partial charge in [0.15, 0.2) is 0 Å². The third-order valence-electron chi connectivity index (χ3n) is 3.70. The lowest BCUT2D eigenvalue weighted by Crippen LogP contribution is -2.43. The number of nitrogens with zero attached hydrogens (tertiary/aromatic N) is 1. The molecule has 1 aliphatic heterocycles. The Bertz CT molecular complexity index is 580. The Morgan fingerprint density at radius 3 is 2.87 bits per heavy atom. The van der Waals surface area contributed by atoms with Gasteiger partial charge in [0.25, 0.3) is 0 Å². The van der Waals surface area contributed by atoms with Crippen LogP contribution in [0.5, 0.6) is 0 Å². The maximum Gasteiger partial charge on any atom is 0.310 e. The minimum absolute atomic E-state index is 0.0483. The molecule has 7 heteroatoms. The average molecular weight is 326 g/mol. The summed E-state index contributed by atoms with van der Waals surface area (Å²) in [7, 11) is 0. The van der Waals surface area contributed by atoms with Crippen LogP contribution in [-0.4, -0.2) is 43.0 Å². The number of piperidine rings is 1. The Kier molecular flexibility index (Phi) is 6.04. The predicted molar refractivity (Wildman–Crippen MR) is 80.8 cm³/mol. The van der Waals surface area contributed by atoms with Crippen LogP contribution in [-0.2, 0) is 14.3 Å². The van der Waals surface area contributed by atoms with Crippen molar-refractivity contribution in [3.63, 3.8) is 0 Å². The number of carbonyl (C=O) groups excluding carboxylic acids is 2. The number of likely N-dealkylation sites (tertiary alicyclic amines) is 1. The third kappa shape index (κ3) is 4.99. The number of hydrogen-bond donors (Lipinski definition) is 1. The van der Waals surface area contributed by atoms with Crippen molar-refractivity contribution in [1.82, 2.24) is 4.90 Å². The second kappa shape index (κ2) is 8.01. The smallest absolute Gasteiger partial charge is 0.310 e. The molecule has 1 aliphatic rings. The van der Waals surface area contributed by atoms with E-state index < -0.39 is 17.5 Å². The summed E-state index contributed by atoms with van der Waals surface area (Å²) in [4.78, 5) is 25.6. The zero-order chi connectivity index (χ0) is 16.8. The molecule has 0 saturated carbocycles. The molecule has 1 saturated heterocycles. The van der Waals surface area contributed by atoms with Crippen molar-refractivity contribution in [2.24, 2.45) is 5.92 Å². The van der Waals surface area contributed by atoms with E-state index in [0.717, 1.165) is 18.9 Å². The van der Waals surface area contributed by atoms with Crippen molar-refractivity contribution in [3.8, 4) is 0 Å². The summed E-state index contributed by atoms with van der Waals surface area (Å²) in [6.07, 6.45) is 1.53. The SMILES string of the molecule is CCOC(=O)[C@H]1CCCN(CC(=O)Nc2ccc(F)cc2F)C1. The number of benzene rings is 1. The maximum atomic E-state index is 13.5. The van der Waals surface area contributed by atoms with Crippen LogP contribution in [0.2, 0.25) is 0 Å². The number of nitrogens with one attached hydrogen (secondary N) is 1. The molecule has 0 bridgehead atoms. The van der Waals surface area contributed by atoms with Gasteiger partial charge in [-0.05, 0) is 38.4 Å². The van der Waals surface area contributed by atoms with Crippen molar-refractivity contribution in [3.05, 3.63) is 29.8 Å². The molecule has 1 atom stereocenters. The summed E-state index contributed by atoms with van der Waals surface area (Å²) in [5.74, 6) is -2.41. The van der Waals surface area contributed by atoms with Gasteiger partial charge in [-0.2, -0.15) is 0 Å². The molecular formula is C16H20F2N2O3. The van der Waals surface area contributed by atoms with E-state index in [0.29, 0.717) is 25.8 Å². The number of rotatable bonds is 5. The quantitative estimate of drug-likeness (QED) is 0.843. The van der Waals surface area contributed by atoms with E-state index in [1.165, 1.54) is 6.07 Å². The zero-order valence-corrected chi connectivity index (χ0v) is 13.0. The fourth-order valence-corrected chi connectivity index (χ4v) is 2.64. The summed E-state index contributed by atoms with van der Waals surface area (Å²) in [6, 6.07) is 2.98. The van der Waals surface area contributed by atoms with Gasteiger partial charge in [0.2, 0.25) is 5.91 Å². The van der Waals surface area contributed by atoms with Crippen molar-refractivity contribution in [2.75, 3.05) is 31.6 Å². The lowest BCUT2D eigenvalue weighted by Gasteiger charge is -2.30. The van der Waals surface area contributed by atoms with Crippen LogP contribution in [0, 0.1) is 17.6 Å². The largest absolute Gasteiger partial charge is 0.466 e. The van der Waals surface area contributed by atoms with E-state index in [9.17, 15) is 18.4 Å². The second-order valence-corrected chi connectivity index (χ2v) is 5.50. The number of hydrogen-bond acceptors (Lipinski definition) is 4. The lowest BCUT2D eigenvalue weighted by molar-refractivity contribution is -0.150. The van der Waals surface area contributed by atoms with Gasteiger partial charge in [-0.1, -0.05) is 0 Å². The number of esters is 1. The second-order valence-electron chi connectivity index (χ2n) is 5.50. The van der Waals surface area contributed by atoms with E-state index in [4.69, 9.17) is 4.74 Å². The van der Waals surface area contributed by atoms with Crippen LogP contribution in [0.3, 0.4) is 0 Å². The van der Waals surface area contributed by atoms with E-state index in [2.05, 4.69) is 5.32 Å². The highest BCUT2D eigenvalue weighted by Crippen LogP contribution is 2.19. The van der Waals surface area contributed by atoms with E-state index in [1.807, 2.05) is 4.90 Å². The van der Waals surface area contributed by atoms with Crippen LogP contribution < -0.4 is 5.32 Å². The summed E-state index contributed by atoms with van der Waals surface area (Å²) in [6.45, 7) is 3.27. The minimum atomic E-state index is -0.818. The minimum Gasteiger partial charge on any atom is -0.466 e. The van der Waals surface area contributed by atoms with E-state index >= 15 is 0 Å². The first-order valence-electron chi connectivity index (χ1n) is 7.63. The average Bonchev–Trinajstić information content (AvgIpc) is 2.50. The van der Waals surface area contributed by atoms with Crippen LogP contribution >= 0.6 is 0 Å². The molecule has 23 heavy (non-hydrogen) atoms. The van der Waals surface area contributed by atoms with Crippen molar-refractivity contribution in [2.45, 2.75) is 19.8 Å². The topological polar surface area (TPSA) is 58.6 Å². The molecule has 1 fully saturated rings. The molecule has 0 radical (unpaired) electrons. The van der Waals surface area contributed by atoms with Crippen LogP contribution in [0.1, 0.15) is 19.8 Å². The van der Waals surface area contributed by atoms with Gasteiger partial charge in [-0.25, -0.2) is 8.78 Å². The molecule has 1 aromatic rings. The van der Waals surface area contributed by atoms with Crippen molar-refractivity contribution < 1.29 is 23.1 Å². The Labute approximate surface area is 133 Å². The van der Waals surface area contributed by atoms with Crippen LogP contribution in [0.4, 0.5) is 14.5 Å².